The van der Waals surface area contributed by atoms with Gasteiger partial charge in [0.05, 0.1) is 0 Å². The zero-order valence-corrected chi connectivity index (χ0v) is 9.88. The average Bonchev–Trinajstić information content (AvgIpc) is 2.35. The predicted molar refractivity (Wildman–Crippen MR) is 61.3 cm³/mol. The lowest BCUT2D eigenvalue weighted by Gasteiger charge is -2.04. The number of aromatic nitrogens is 2. The van der Waals surface area contributed by atoms with Gasteiger partial charge in [0.15, 0.2) is 17.5 Å². The van der Waals surface area contributed by atoms with Crippen LogP contribution in [0.2, 0.25) is 5.15 Å². The maximum atomic E-state index is 13.0. The van der Waals surface area contributed by atoms with Crippen molar-refractivity contribution in [1.82, 2.24) is 9.97 Å². The lowest BCUT2D eigenvalue weighted by molar-refractivity contribution is 0.102. The second-order valence-electron chi connectivity index (χ2n) is 3.41. The van der Waals surface area contributed by atoms with Crippen molar-refractivity contribution in [3.63, 3.8) is 0 Å². The Morgan fingerprint density at radius 3 is 2.42 bits per heavy atom. The van der Waals surface area contributed by atoms with Crippen molar-refractivity contribution in [1.29, 1.82) is 0 Å². The summed E-state index contributed by atoms with van der Waals surface area (Å²) in [6.45, 7) is 0. The van der Waals surface area contributed by atoms with Crippen LogP contribution in [0.3, 0.4) is 0 Å². The highest BCUT2D eigenvalue weighted by Gasteiger charge is 2.15. The first-order valence-electron chi connectivity index (χ1n) is 4.92. The van der Waals surface area contributed by atoms with E-state index in [0.717, 1.165) is 0 Å². The van der Waals surface area contributed by atoms with Crippen LogP contribution in [0.5, 0.6) is 0 Å². The van der Waals surface area contributed by atoms with Gasteiger partial charge in [-0.1, -0.05) is 11.6 Å². The molecule has 1 heterocycles. The SMILES string of the molecule is O=C(Nc1nccc(Cl)n1)c1cc(F)c(F)c(F)c1. The smallest absolute Gasteiger partial charge is 0.258 e. The number of nitrogens with one attached hydrogen (secondary N) is 1. The molecule has 0 unspecified atom stereocenters. The van der Waals surface area contributed by atoms with Crippen LogP contribution in [0.4, 0.5) is 19.1 Å². The number of rotatable bonds is 2. The molecular formula is C11H5ClF3N3O. The van der Waals surface area contributed by atoms with Crippen molar-refractivity contribution >= 4 is 23.5 Å². The summed E-state index contributed by atoms with van der Waals surface area (Å²) >= 11 is 5.57. The number of anilines is 1. The summed E-state index contributed by atoms with van der Waals surface area (Å²) in [5.41, 5.74) is -0.403. The number of benzene rings is 1. The van der Waals surface area contributed by atoms with Crippen LogP contribution in [-0.4, -0.2) is 15.9 Å². The molecule has 1 aromatic carbocycles. The fourth-order valence-electron chi connectivity index (χ4n) is 1.26. The number of hydrogen-bond donors (Lipinski definition) is 1. The van der Waals surface area contributed by atoms with Gasteiger partial charge in [0.1, 0.15) is 5.15 Å². The standard InChI is InChI=1S/C11H5ClF3N3O/c12-8-1-2-16-11(17-8)18-10(19)5-3-6(13)9(15)7(14)4-5/h1-4H,(H,16,17,18,19). The van der Waals surface area contributed by atoms with Gasteiger partial charge in [0.2, 0.25) is 5.95 Å². The highest BCUT2D eigenvalue weighted by Crippen LogP contribution is 2.15. The number of nitrogens with zero attached hydrogens (tertiary/aromatic N) is 2. The molecule has 98 valence electrons. The zero-order valence-electron chi connectivity index (χ0n) is 9.12. The van der Waals surface area contributed by atoms with Crippen molar-refractivity contribution in [2.45, 2.75) is 0 Å². The molecule has 0 aliphatic carbocycles. The van der Waals surface area contributed by atoms with E-state index in [9.17, 15) is 18.0 Å². The van der Waals surface area contributed by atoms with Gasteiger partial charge in [-0.3, -0.25) is 10.1 Å². The van der Waals surface area contributed by atoms with E-state index in [1.54, 1.807) is 0 Å². The molecule has 0 atom stereocenters. The summed E-state index contributed by atoms with van der Waals surface area (Å²) in [5, 5.41) is 2.26. The van der Waals surface area contributed by atoms with E-state index in [2.05, 4.69) is 15.3 Å². The molecule has 0 aliphatic heterocycles. The van der Waals surface area contributed by atoms with E-state index in [1.807, 2.05) is 0 Å². The molecule has 0 bridgehead atoms. The lowest BCUT2D eigenvalue weighted by Crippen LogP contribution is -2.15. The molecule has 8 heteroatoms. The lowest BCUT2D eigenvalue weighted by atomic mass is 10.2. The molecule has 0 saturated carbocycles. The van der Waals surface area contributed by atoms with Crippen LogP contribution in [0.1, 0.15) is 10.4 Å². The Morgan fingerprint density at radius 1 is 1.21 bits per heavy atom. The minimum Gasteiger partial charge on any atom is -0.290 e. The highest BCUT2D eigenvalue weighted by molar-refractivity contribution is 6.29. The second kappa shape index (κ2) is 5.23. The van der Waals surface area contributed by atoms with Gasteiger partial charge in [0.25, 0.3) is 5.91 Å². The summed E-state index contributed by atoms with van der Waals surface area (Å²) < 4.78 is 38.6. The first kappa shape index (κ1) is 13.3. The fraction of sp³-hybridized carbons (Fsp3) is 0. The number of halogens is 4. The van der Waals surface area contributed by atoms with Gasteiger partial charge in [-0.2, -0.15) is 0 Å². The van der Waals surface area contributed by atoms with E-state index in [0.29, 0.717) is 12.1 Å². The molecule has 4 nitrogen and oxygen atoms in total. The highest BCUT2D eigenvalue weighted by atomic mass is 35.5. The molecular weight excluding hydrogens is 283 g/mol. The van der Waals surface area contributed by atoms with Crippen LogP contribution < -0.4 is 5.32 Å². The van der Waals surface area contributed by atoms with E-state index in [1.165, 1.54) is 12.3 Å². The molecule has 0 saturated heterocycles. The third kappa shape index (κ3) is 3.00. The summed E-state index contributed by atoms with van der Waals surface area (Å²) in [6, 6.07) is 2.52. The van der Waals surface area contributed by atoms with Gasteiger partial charge >= 0.3 is 0 Å². The first-order valence-corrected chi connectivity index (χ1v) is 5.29. The largest absolute Gasteiger partial charge is 0.290 e. The summed E-state index contributed by atoms with van der Waals surface area (Å²) in [5.74, 6) is -5.59. The Hall–Kier alpha value is -2.15. The Labute approximate surface area is 110 Å². The Kier molecular flexibility index (Phi) is 3.66. The van der Waals surface area contributed by atoms with Gasteiger partial charge in [-0.05, 0) is 18.2 Å². The molecule has 1 aromatic heterocycles. The third-order valence-electron chi connectivity index (χ3n) is 2.09. The normalized spacial score (nSPS) is 10.3. The van der Waals surface area contributed by atoms with Crippen LogP contribution in [0, 0.1) is 17.5 Å². The summed E-state index contributed by atoms with van der Waals surface area (Å²) in [4.78, 5) is 19.0. The molecule has 0 spiro atoms. The molecule has 0 radical (unpaired) electrons. The van der Waals surface area contributed by atoms with Crippen molar-refractivity contribution in [2.75, 3.05) is 5.32 Å². The minimum atomic E-state index is -1.64. The number of amides is 1. The number of carbonyl (C=O) groups excluding carboxylic acids is 1. The molecule has 2 rings (SSSR count). The van der Waals surface area contributed by atoms with Gasteiger partial charge < -0.3 is 0 Å². The molecule has 2 aromatic rings. The minimum absolute atomic E-state index is 0.0850. The zero-order chi connectivity index (χ0) is 14.0. The summed E-state index contributed by atoms with van der Waals surface area (Å²) in [6.07, 6.45) is 1.29. The second-order valence-corrected chi connectivity index (χ2v) is 3.80. The quantitative estimate of drug-likeness (QED) is 0.682. The van der Waals surface area contributed by atoms with E-state index in [4.69, 9.17) is 11.6 Å². The Balaban J connectivity index is 2.25. The third-order valence-corrected chi connectivity index (χ3v) is 2.30. The van der Waals surface area contributed by atoms with Crippen LogP contribution in [0.15, 0.2) is 24.4 Å². The van der Waals surface area contributed by atoms with E-state index < -0.39 is 28.9 Å². The maximum absolute atomic E-state index is 13.0. The van der Waals surface area contributed by atoms with E-state index >= 15 is 0 Å². The topological polar surface area (TPSA) is 54.9 Å². The Morgan fingerprint density at radius 2 is 1.84 bits per heavy atom. The number of hydrogen-bond acceptors (Lipinski definition) is 3. The Bertz CT molecular complexity index is 628. The molecule has 0 fully saturated rings. The molecule has 0 aliphatic rings. The fourth-order valence-corrected chi connectivity index (χ4v) is 1.39. The molecule has 1 amide bonds. The van der Waals surface area contributed by atoms with Crippen LogP contribution in [-0.2, 0) is 0 Å². The molecule has 19 heavy (non-hydrogen) atoms. The van der Waals surface area contributed by atoms with Gasteiger partial charge in [-0.25, -0.2) is 23.1 Å². The number of carbonyl (C=O) groups is 1. The van der Waals surface area contributed by atoms with Gasteiger partial charge in [-0.15, -0.1) is 0 Å². The summed E-state index contributed by atoms with van der Waals surface area (Å²) in [7, 11) is 0. The predicted octanol–water partition coefficient (Wildman–Crippen LogP) is 2.80. The van der Waals surface area contributed by atoms with Crippen molar-refractivity contribution in [2.24, 2.45) is 0 Å². The monoisotopic (exact) mass is 287 g/mol. The first-order chi connectivity index (χ1) is 8.97. The van der Waals surface area contributed by atoms with Crippen LogP contribution >= 0.6 is 11.6 Å². The van der Waals surface area contributed by atoms with Crippen molar-refractivity contribution in [3.8, 4) is 0 Å². The average molecular weight is 288 g/mol. The van der Waals surface area contributed by atoms with Crippen LogP contribution in [0.25, 0.3) is 0 Å². The van der Waals surface area contributed by atoms with Gasteiger partial charge in [0, 0.05) is 11.8 Å². The van der Waals surface area contributed by atoms with Crippen molar-refractivity contribution < 1.29 is 18.0 Å². The van der Waals surface area contributed by atoms with Crippen molar-refractivity contribution in [3.05, 3.63) is 52.6 Å². The maximum Gasteiger partial charge on any atom is 0.258 e. The molecule has 1 N–H and O–H groups in total. The van der Waals surface area contributed by atoms with E-state index in [-0.39, 0.29) is 11.1 Å².